The third kappa shape index (κ3) is 3.72. The van der Waals surface area contributed by atoms with Gasteiger partial charge in [-0.25, -0.2) is 0 Å². The zero-order valence-corrected chi connectivity index (χ0v) is 13.7. The molecule has 5 nitrogen and oxygen atoms in total. The van der Waals surface area contributed by atoms with E-state index in [1.807, 2.05) is 0 Å². The highest BCUT2D eigenvalue weighted by Crippen LogP contribution is 2.23. The summed E-state index contributed by atoms with van der Waals surface area (Å²) >= 11 is 0. The summed E-state index contributed by atoms with van der Waals surface area (Å²) in [5.41, 5.74) is 0. The lowest BCUT2D eigenvalue weighted by atomic mass is 9.95. The molecule has 20 heavy (non-hydrogen) atoms. The van der Waals surface area contributed by atoms with Crippen LogP contribution in [0.3, 0.4) is 0 Å². The summed E-state index contributed by atoms with van der Waals surface area (Å²) in [5, 5.41) is 3.54. The molecule has 118 valence electrons. The summed E-state index contributed by atoms with van der Waals surface area (Å²) in [6.07, 6.45) is 5.21. The summed E-state index contributed by atoms with van der Waals surface area (Å²) in [6.45, 7) is 8.05. The van der Waals surface area contributed by atoms with E-state index in [1.54, 1.807) is 8.61 Å². The van der Waals surface area contributed by atoms with Crippen LogP contribution in [0.15, 0.2) is 0 Å². The maximum absolute atomic E-state index is 12.6. The molecular weight excluding hydrogens is 274 g/mol. The fraction of sp³-hybridized carbons (Fsp3) is 1.00. The van der Waals surface area contributed by atoms with Crippen molar-refractivity contribution in [3.8, 4) is 0 Å². The predicted molar refractivity (Wildman–Crippen MR) is 81.8 cm³/mol. The molecule has 2 aliphatic rings. The standard InChI is InChI=1S/C14H29N3O2S/c1-3-8-15-14-7-11-17(12-13(14)2)20(18,19)16-9-5-4-6-10-16/h13-15H,3-12H2,1-2H3. The van der Waals surface area contributed by atoms with E-state index < -0.39 is 10.2 Å². The van der Waals surface area contributed by atoms with Gasteiger partial charge in [0.2, 0.25) is 0 Å². The highest BCUT2D eigenvalue weighted by atomic mass is 32.2. The molecular formula is C14H29N3O2S. The summed E-state index contributed by atoms with van der Waals surface area (Å²) < 4.78 is 28.7. The molecule has 0 aromatic carbocycles. The molecule has 0 aromatic heterocycles. The Balaban J connectivity index is 1.93. The first-order valence-corrected chi connectivity index (χ1v) is 9.44. The van der Waals surface area contributed by atoms with Crippen molar-refractivity contribution < 1.29 is 8.42 Å². The molecule has 2 atom stereocenters. The van der Waals surface area contributed by atoms with Crippen LogP contribution in [-0.2, 0) is 10.2 Å². The van der Waals surface area contributed by atoms with Gasteiger partial charge in [0.05, 0.1) is 0 Å². The Morgan fingerprint density at radius 1 is 1.10 bits per heavy atom. The van der Waals surface area contributed by atoms with Crippen molar-refractivity contribution in [2.24, 2.45) is 5.92 Å². The summed E-state index contributed by atoms with van der Waals surface area (Å²) in [4.78, 5) is 0. The average molecular weight is 303 g/mol. The van der Waals surface area contributed by atoms with Crippen molar-refractivity contribution >= 4 is 10.2 Å². The second-order valence-corrected chi connectivity index (χ2v) is 8.08. The van der Waals surface area contributed by atoms with Crippen LogP contribution in [0.25, 0.3) is 0 Å². The maximum atomic E-state index is 12.6. The number of piperidine rings is 2. The van der Waals surface area contributed by atoms with E-state index in [0.29, 0.717) is 38.1 Å². The first-order valence-electron chi connectivity index (χ1n) is 8.04. The van der Waals surface area contributed by atoms with Crippen LogP contribution in [0.1, 0.15) is 46.0 Å². The third-order valence-corrected chi connectivity index (χ3v) is 6.49. The van der Waals surface area contributed by atoms with Crippen LogP contribution in [-0.4, -0.2) is 55.8 Å². The second-order valence-electron chi connectivity index (χ2n) is 6.15. The van der Waals surface area contributed by atoms with Crippen LogP contribution >= 0.6 is 0 Å². The molecule has 2 fully saturated rings. The van der Waals surface area contributed by atoms with Gasteiger partial charge >= 0.3 is 0 Å². The Kier molecular flexibility index (Phi) is 5.84. The first kappa shape index (κ1) is 16.2. The molecule has 2 heterocycles. The van der Waals surface area contributed by atoms with Gasteiger partial charge in [-0.3, -0.25) is 0 Å². The molecule has 0 bridgehead atoms. The van der Waals surface area contributed by atoms with Gasteiger partial charge in [0.25, 0.3) is 10.2 Å². The van der Waals surface area contributed by atoms with Crippen LogP contribution in [0.2, 0.25) is 0 Å². The molecule has 6 heteroatoms. The van der Waals surface area contributed by atoms with Crippen LogP contribution in [0.5, 0.6) is 0 Å². The quantitative estimate of drug-likeness (QED) is 0.836. The second kappa shape index (κ2) is 7.20. The number of rotatable bonds is 5. The molecule has 2 aliphatic heterocycles. The summed E-state index contributed by atoms with van der Waals surface area (Å²) in [7, 11) is -3.22. The molecule has 1 N–H and O–H groups in total. The van der Waals surface area contributed by atoms with E-state index in [2.05, 4.69) is 19.2 Å². The van der Waals surface area contributed by atoms with Gasteiger partial charge in [0.15, 0.2) is 0 Å². The number of hydrogen-bond donors (Lipinski definition) is 1. The number of nitrogens with one attached hydrogen (secondary N) is 1. The highest BCUT2D eigenvalue weighted by molar-refractivity contribution is 7.86. The molecule has 0 aromatic rings. The molecule has 0 aliphatic carbocycles. The lowest BCUT2D eigenvalue weighted by Gasteiger charge is -2.39. The predicted octanol–water partition coefficient (Wildman–Crippen LogP) is 1.43. The van der Waals surface area contributed by atoms with Crippen molar-refractivity contribution in [3.05, 3.63) is 0 Å². The minimum Gasteiger partial charge on any atom is -0.314 e. The zero-order valence-electron chi connectivity index (χ0n) is 12.8. The van der Waals surface area contributed by atoms with E-state index in [4.69, 9.17) is 0 Å². The Morgan fingerprint density at radius 3 is 2.40 bits per heavy atom. The average Bonchev–Trinajstić information content (AvgIpc) is 2.47. The van der Waals surface area contributed by atoms with E-state index in [1.165, 1.54) is 0 Å². The van der Waals surface area contributed by atoms with E-state index in [9.17, 15) is 8.42 Å². The normalized spacial score (nSPS) is 30.5. The van der Waals surface area contributed by atoms with E-state index >= 15 is 0 Å². The Morgan fingerprint density at radius 2 is 1.80 bits per heavy atom. The van der Waals surface area contributed by atoms with Crippen molar-refractivity contribution in [2.45, 2.75) is 52.0 Å². The highest BCUT2D eigenvalue weighted by Gasteiger charge is 2.36. The minimum absolute atomic E-state index is 0.384. The summed E-state index contributed by atoms with van der Waals surface area (Å²) in [6, 6.07) is 0.461. The molecule has 2 saturated heterocycles. The van der Waals surface area contributed by atoms with Gasteiger partial charge in [-0.05, 0) is 38.1 Å². The van der Waals surface area contributed by atoms with Gasteiger partial charge in [0, 0.05) is 32.2 Å². The lowest BCUT2D eigenvalue weighted by Crippen LogP contribution is -2.54. The van der Waals surface area contributed by atoms with Gasteiger partial charge in [-0.2, -0.15) is 17.0 Å². The molecule has 0 spiro atoms. The molecule has 2 unspecified atom stereocenters. The van der Waals surface area contributed by atoms with Gasteiger partial charge in [0.1, 0.15) is 0 Å². The first-order chi connectivity index (χ1) is 9.55. The monoisotopic (exact) mass is 303 g/mol. The fourth-order valence-corrected chi connectivity index (χ4v) is 5.01. The smallest absolute Gasteiger partial charge is 0.281 e. The minimum atomic E-state index is -3.22. The van der Waals surface area contributed by atoms with Crippen molar-refractivity contribution in [2.75, 3.05) is 32.7 Å². The van der Waals surface area contributed by atoms with Crippen molar-refractivity contribution in [1.29, 1.82) is 0 Å². The molecule has 0 radical (unpaired) electrons. The molecule has 0 amide bonds. The topological polar surface area (TPSA) is 52.7 Å². The third-order valence-electron chi connectivity index (χ3n) is 4.49. The largest absolute Gasteiger partial charge is 0.314 e. The fourth-order valence-electron chi connectivity index (χ4n) is 3.21. The Bertz CT molecular complexity index is 393. The molecule has 2 rings (SSSR count). The summed E-state index contributed by atoms with van der Waals surface area (Å²) in [5.74, 6) is 0.384. The number of hydrogen-bond acceptors (Lipinski definition) is 3. The van der Waals surface area contributed by atoms with Crippen molar-refractivity contribution in [1.82, 2.24) is 13.9 Å². The van der Waals surface area contributed by atoms with Gasteiger partial charge in [-0.1, -0.05) is 20.3 Å². The van der Waals surface area contributed by atoms with Crippen LogP contribution in [0, 0.1) is 5.92 Å². The molecule has 0 saturated carbocycles. The Labute approximate surface area is 123 Å². The SMILES string of the molecule is CCCNC1CCN(S(=O)(=O)N2CCCCC2)CC1C. The van der Waals surface area contributed by atoms with Crippen LogP contribution in [0.4, 0.5) is 0 Å². The van der Waals surface area contributed by atoms with Gasteiger partial charge < -0.3 is 5.32 Å². The number of nitrogens with zero attached hydrogens (tertiary/aromatic N) is 2. The zero-order chi connectivity index (χ0) is 14.6. The maximum Gasteiger partial charge on any atom is 0.281 e. The Hall–Kier alpha value is -0.170. The van der Waals surface area contributed by atoms with E-state index in [0.717, 1.165) is 38.6 Å². The lowest BCUT2D eigenvalue weighted by molar-refractivity contribution is 0.205. The van der Waals surface area contributed by atoms with Crippen LogP contribution < -0.4 is 5.32 Å². The van der Waals surface area contributed by atoms with Crippen molar-refractivity contribution in [3.63, 3.8) is 0 Å². The van der Waals surface area contributed by atoms with E-state index in [-0.39, 0.29) is 0 Å². The van der Waals surface area contributed by atoms with Gasteiger partial charge in [-0.15, -0.1) is 0 Å².